The molecule has 114 valence electrons. The molecule has 3 aliphatic heterocycles. The molecule has 0 aromatic rings. The summed E-state index contributed by atoms with van der Waals surface area (Å²) in [5.74, 6) is 1.44. The summed E-state index contributed by atoms with van der Waals surface area (Å²) in [6, 6.07) is 0. The van der Waals surface area contributed by atoms with Crippen LogP contribution >= 0.6 is 0 Å². The molecular weight excluding hydrogens is 252 g/mol. The number of nitrogens with zero attached hydrogens (tertiary/aromatic N) is 2. The van der Waals surface area contributed by atoms with E-state index in [0.29, 0.717) is 18.9 Å². The van der Waals surface area contributed by atoms with Crippen LogP contribution in [0.5, 0.6) is 0 Å². The first-order valence-corrected chi connectivity index (χ1v) is 8.36. The Labute approximate surface area is 122 Å². The number of carbonyl (C=O) groups is 1. The Hall–Kier alpha value is -0.450. The molecule has 1 unspecified atom stereocenters. The molecule has 3 fully saturated rings. The standard InChI is InChI=1S/C16H28N2O2/c19-16(15-5-10-20-13-15)12-18-8-3-14(4-9-18)11-17-6-1-2-7-17/h14-15H,1-13H2. The Morgan fingerprint density at radius 1 is 1.00 bits per heavy atom. The van der Waals surface area contributed by atoms with Gasteiger partial charge in [-0.3, -0.25) is 9.69 Å². The number of hydrogen-bond donors (Lipinski definition) is 0. The van der Waals surface area contributed by atoms with Crippen LogP contribution in [0, 0.1) is 11.8 Å². The zero-order chi connectivity index (χ0) is 13.8. The number of Topliss-reactive ketones (excluding diaryl/α,β-unsaturated/α-hetero) is 1. The van der Waals surface area contributed by atoms with Gasteiger partial charge in [-0.2, -0.15) is 0 Å². The smallest absolute Gasteiger partial charge is 0.152 e. The number of piperidine rings is 1. The topological polar surface area (TPSA) is 32.8 Å². The van der Waals surface area contributed by atoms with Crippen molar-refractivity contribution in [3.05, 3.63) is 0 Å². The lowest BCUT2D eigenvalue weighted by molar-refractivity contribution is -0.124. The van der Waals surface area contributed by atoms with E-state index in [9.17, 15) is 4.79 Å². The van der Waals surface area contributed by atoms with Gasteiger partial charge in [0.15, 0.2) is 5.78 Å². The highest BCUT2D eigenvalue weighted by Crippen LogP contribution is 2.21. The minimum Gasteiger partial charge on any atom is -0.381 e. The second-order valence-electron chi connectivity index (χ2n) is 6.75. The Bertz CT molecular complexity index is 314. The molecule has 4 heteroatoms. The largest absolute Gasteiger partial charge is 0.381 e. The summed E-state index contributed by atoms with van der Waals surface area (Å²) in [4.78, 5) is 17.1. The molecule has 3 aliphatic rings. The van der Waals surface area contributed by atoms with Crippen molar-refractivity contribution in [2.24, 2.45) is 11.8 Å². The SMILES string of the molecule is O=C(CN1CCC(CN2CCCC2)CC1)C1CCOC1. The van der Waals surface area contributed by atoms with Gasteiger partial charge in [0.2, 0.25) is 0 Å². The van der Waals surface area contributed by atoms with Crippen LogP contribution in [0.3, 0.4) is 0 Å². The summed E-state index contributed by atoms with van der Waals surface area (Å²) in [5.41, 5.74) is 0. The third kappa shape index (κ3) is 3.80. The van der Waals surface area contributed by atoms with Gasteiger partial charge in [-0.25, -0.2) is 0 Å². The van der Waals surface area contributed by atoms with Crippen LogP contribution in [-0.2, 0) is 9.53 Å². The van der Waals surface area contributed by atoms with Crippen molar-refractivity contribution >= 4 is 5.78 Å². The van der Waals surface area contributed by atoms with Crippen molar-refractivity contribution in [1.29, 1.82) is 0 Å². The lowest BCUT2D eigenvalue weighted by Crippen LogP contribution is -2.41. The van der Waals surface area contributed by atoms with Crippen LogP contribution in [0.4, 0.5) is 0 Å². The predicted octanol–water partition coefficient (Wildman–Crippen LogP) is 1.40. The number of ether oxygens (including phenoxy) is 1. The molecule has 20 heavy (non-hydrogen) atoms. The van der Waals surface area contributed by atoms with E-state index in [-0.39, 0.29) is 5.92 Å². The molecule has 0 aromatic carbocycles. The van der Waals surface area contributed by atoms with Gasteiger partial charge in [0.05, 0.1) is 13.2 Å². The van der Waals surface area contributed by atoms with Gasteiger partial charge in [-0.1, -0.05) is 0 Å². The first-order chi connectivity index (χ1) is 9.81. The summed E-state index contributed by atoms with van der Waals surface area (Å²) in [5, 5.41) is 0. The van der Waals surface area contributed by atoms with Gasteiger partial charge >= 0.3 is 0 Å². The second-order valence-corrected chi connectivity index (χ2v) is 6.75. The van der Waals surface area contributed by atoms with E-state index in [1.165, 1.54) is 45.3 Å². The average molecular weight is 280 g/mol. The molecule has 0 aromatic heterocycles. The van der Waals surface area contributed by atoms with Crippen LogP contribution in [0.2, 0.25) is 0 Å². The lowest BCUT2D eigenvalue weighted by atomic mass is 9.95. The fourth-order valence-electron chi connectivity index (χ4n) is 3.80. The van der Waals surface area contributed by atoms with Gasteiger partial charge < -0.3 is 9.64 Å². The van der Waals surface area contributed by atoms with E-state index in [2.05, 4.69) is 9.80 Å². The quantitative estimate of drug-likeness (QED) is 0.762. The molecular formula is C16H28N2O2. The highest BCUT2D eigenvalue weighted by molar-refractivity contribution is 5.83. The minimum atomic E-state index is 0.178. The van der Waals surface area contributed by atoms with E-state index < -0.39 is 0 Å². The Balaban J connectivity index is 1.36. The lowest BCUT2D eigenvalue weighted by Gasteiger charge is -2.33. The first kappa shape index (κ1) is 14.5. The zero-order valence-corrected chi connectivity index (χ0v) is 12.6. The monoisotopic (exact) mass is 280 g/mol. The van der Waals surface area contributed by atoms with E-state index in [1.807, 2.05) is 0 Å². The Morgan fingerprint density at radius 3 is 2.40 bits per heavy atom. The summed E-state index contributed by atoms with van der Waals surface area (Å²) in [7, 11) is 0. The van der Waals surface area contributed by atoms with E-state index >= 15 is 0 Å². The van der Waals surface area contributed by atoms with E-state index in [1.54, 1.807) is 0 Å². The number of ketones is 1. The Morgan fingerprint density at radius 2 is 1.75 bits per heavy atom. The first-order valence-electron chi connectivity index (χ1n) is 8.36. The van der Waals surface area contributed by atoms with Crippen LogP contribution in [0.25, 0.3) is 0 Å². The molecule has 0 aliphatic carbocycles. The van der Waals surface area contributed by atoms with E-state index in [4.69, 9.17) is 4.74 Å². The van der Waals surface area contributed by atoms with Gasteiger partial charge in [0.1, 0.15) is 0 Å². The zero-order valence-electron chi connectivity index (χ0n) is 12.6. The molecule has 3 heterocycles. The predicted molar refractivity (Wildman–Crippen MR) is 78.8 cm³/mol. The van der Waals surface area contributed by atoms with Crippen LogP contribution in [0.1, 0.15) is 32.1 Å². The minimum absolute atomic E-state index is 0.178. The molecule has 1 atom stereocenters. The van der Waals surface area contributed by atoms with Crippen molar-refractivity contribution in [2.45, 2.75) is 32.1 Å². The molecule has 0 bridgehead atoms. The van der Waals surface area contributed by atoms with Gasteiger partial charge in [0, 0.05) is 19.1 Å². The highest BCUT2D eigenvalue weighted by Gasteiger charge is 2.27. The van der Waals surface area contributed by atoms with Crippen molar-refractivity contribution in [2.75, 3.05) is 52.5 Å². The third-order valence-electron chi connectivity index (χ3n) is 5.19. The maximum atomic E-state index is 12.1. The van der Waals surface area contributed by atoms with Crippen LogP contribution < -0.4 is 0 Å². The van der Waals surface area contributed by atoms with Crippen molar-refractivity contribution in [3.63, 3.8) is 0 Å². The van der Waals surface area contributed by atoms with E-state index in [0.717, 1.165) is 32.0 Å². The molecule has 4 nitrogen and oxygen atoms in total. The third-order valence-corrected chi connectivity index (χ3v) is 5.19. The number of hydrogen-bond acceptors (Lipinski definition) is 4. The highest BCUT2D eigenvalue weighted by atomic mass is 16.5. The van der Waals surface area contributed by atoms with Gasteiger partial charge in [0.25, 0.3) is 0 Å². The molecule has 0 N–H and O–H groups in total. The van der Waals surface area contributed by atoms with Crippen molar-refractivity contribution < 1.29 is 9.53 Å². The maximum absolute atomic E-state index is 12.1. The molecule has 0 spiro atoms. The fraction of sp³-hybridized carbons (Fsp3) is 0.938. The maximum Gasteiger partial charge on any atom is 0.152 e. The van der Waals surface area contributed by atoms with Crippen molar-refractivity contribution in [1.82, 2.24) is 9.80 Å². The molecule has 0 saturated carbocycles. The van der Waals surface area contributed by atoms with Crippen LogP contribution in [0.15, 0.2) is 0 Å². The number of carbonyl (C=O) groups excluding carboxylic acids is 1. The number of rotatable bonds is 5. The second kappa shape index (κ2) is 7.01. The molecule has 3 rings (SSSR count). The Kier molecular flexibility index (Phi) is 5.08. The summed E-state index contributed by atoms with van der Waals surface area (Å²) < 4.78 is 5.31. The summed E-state index contributed by atoms with van der Waals surface area (Å²) in [6.45, 7) is 8.21. The average Bonchev–Trinajstić information content (AvgIpc) is 3.13. The van der Waals surface area contributed by atoms with Gasteiger partial charge in [-0.05, 0) is 64.2 Å². The molecule has 0 radical (unpaired) electrons. The molecule has 0 amide bonds. The van der Waals surface area contributed by atoms with Gasteiger partial charge in [-0.15, -0.1) is 0 Å². The summed E-state index contributed by atoms with van der Waals surface area (Å²) in [6.07, 6.45) is 6.24. The van der Waals surface area contributed by atoms with Crippen molar-refractivity contribution in [3.8, 4) is 0 Å². The summed E-state index contributed by atoms with van der Waals surface area (Å²) >= 11 is 0. The normalized spacial score (nSPS) is 30.1. The fourth-order valence-corrected chi connectivity index (χ4v) is 3.80. The number of likely N-dealkylation sites (tertiary alicyclic amines) is 2. The van der Waals surface area contributed by atoms with Crippen LogP contribution in [-0.4, -0.2) is 68.1 Å². The molecule has 3 saturated heterocycles.